The minimum Gasteiger partial charge on any atom is -0.314 e. The van der Waals surface area contributed by atoms with Gasteiger partial charge in [0.25, 0.3) is 0 Å². The van der Waals surface area contributed by atoms with E-state index in [9.17, 15) is 0 Å². The van der Waals surface area contributed by atoms with Crippen LogP contribution in [0.4, 0.5) is 0 Å². The largest absolute Gasteiger partial charge is 0.314 e. The van der Waals surface area contributed by atoms with E-state index in [2.05, 4.69) is 17.1 Å². The van der Waals surface area contributed by atoms with Crippen LogP contribution in [0, 0.1) is 5.92 Å². The van der Waals surface area contributed by atoms with Crippen molar-refractivity contribution >= 4 is 0 Å². The number of unbranched alkanes of at least 4 members (excludes halogenated alkanes) is 1. The van der Waals surface area contributed by atoms with Crippen LogP contribution in [0.5, 0.6) is 0 Å². The van der Waals surface area contributed by atoms with Crippen molar-refractivity contribution in [2.24, 2.45) is 5.92 Å². The topological polar surface area (TPSA) is 15.3 Å². The molecule has 0 radical (unpaired) electrons. The Balaban J connectivity index is 1.55. The lowest BCUT2D eigenvalue weighted by Crippen LogP contribution is -2.44. The van der Waals surface area contributed by atoms with Gasteiger partial charge in [0.1, 0.15) is 0 Å². The van der Waals surface area contributed by atoms with Crippen molar-refractivity contribution in [3.05, 3.63) is 0 Å². The molecule has 1 saturated heterocycles. The van der Waals surface area contributed by atoms with E-state index in [1.807, 2.05) is 0 Å². The second-order valence-electron chi connectivity index (χ2n) is 6.38. The van der Waals surface area contributed by atoms with Crippen molar-refractivity contribution in [1.82, 2.24) is 10.2 Å². The van der Waals surface area contributed by atoms with Gasteiger partial charge < -0.3 is 10.2 Å². The lowest BCUT2D eigenvalue weighted by molar-refractivity contribution is 0.189. The molecule has 1 aliphatic heterocycles. The van der Waals surface area contributed by atoms with Crippen molar-refractivity contribution in [3.8, 4) is 0 Å². The van der Waals surface area contributed by atoms with Crippen molar-refractivity contribution < 1.29 is 0 Å². The maximum atomic E-state index is 3.84. The summed E-state index contributed by atoms with van der Waals surface area (Å²) in [6, 6.07) is 0.810. The Kier molecular flexibility index (Phi) is 6.50. The molecule has 1 aliphatic carbocycles. The molecule has 2 rings (SSSR count). The number of piperidine rings is 1. The number of hydrogen-bond acceptors (Lipinski definition) is 2. The standard InChI is InChI=1S/C16H32N2/c1-2-3-11-18-12-9-16(10-13-18)17-14-15-7-5-4-6-8-15/h15-17H,2-14H2,1H3. The minimum absolute atomic E-state index is 0.810. The number of likely N-dealkylation sites (tertiary alicyclic amines) is 1. The Morgan fingerprint density at radius 2 is 1.72 bits per heavy atom. The molecule has 1 N–H and O–H groups in total. The average molecular weight is 252 g/mol. The van der Waals surface area contributed by atoms with Gasteiger partial charge in [0, 0.05) is 6.04 Å². The second-order valence-corrected chi connectivity index (χ2v) is 6.38. The molecule has 2 aliphatic rings. The second kappa shape index (κ2) is 8.16. The summed E-state index contributed by atoms with van der Waals surface area (Å²) >= 11 is 0. The zero-order valence-corrected chi connectivity index (χ0v) is 12.3. The number of nitrogens with one attached hydrogen (secondary N) is 1. The Bertz CT molecular complexity index is 203. The van der Waals surface area contributed by atoms with Crippen LogP contribution in [0.3, 0.4) is 0 Å². The third kappa shape index (κ3) is 4.89. The fourth-order valence-corrected chi connectivity index (χ4v) is 3.47. The first-order valence-electron chi connectivity index (χ1n) is 8.34. The summed E-state index contributed by atoms with van der Waals surface area (Å²) in [5.41, 5.74) is 0. The molecular formula is C16H32N2. The average Bonchev–Trinajstić information content (AvgIpc) is 2.45. The normalized spacial score (nSPS) is 24.5. The zero-order chi connectivity index (χ0) is 12.6. The van der Waals surface area contributed by atoms with Gasteiger partial charge in [-0.3, -0.25) is 0 Å². The number of nitrogens with zero attached hydrogens (tertiary/aromatic N) is 1. The van der Waals surface area contributed by atoms with Crippen LogP contribution in [0.1, 0.15) is 64.7 Å². The van der Waals surface area contributed by atoms with Gasteiger partial charge in [-0.05, 0) is 64.2 Å². The molecule has 0 bridgehead atoms. The van der Waals surface area contributed by atoms with Crippen molar-refractivity contribution in [2.45, 2.75) is 70.8 Å². The molecule has 2 nitrogen and oxygen atoms in total. The van der Waals surface area contributed by atoms with Crippen LogP contribution >= 0.6 is 0 Å². The smallest absolute Gasteiger partial charge is 0.00915 e. The van der Waals surface area contributed by atoms with Crippen molar-refractivity contribution in [2.75, 3.05) is 26.2 Å². The summed E-state index contributed by atoms with van der Waals surface area (Å²) in [4.78, 5) is 2.66. The zero-order valence-electron chi connectivity index (χ0n) is 12.3. The SMILES string of the molecule is CCCCN1CCC(NCC2CCCCC2)CC1. The third-order valence-electron chi connectivity index (χ3n) is 4.84. The van der Waals surface area contributed by atoms with E-state index < -0.39 is 0 Å². The van der Waals surface area contributed by atoms with Crippen LogP contribution in [0.2, 0.25) is 0 Å². The Labute approximate surface area is 114 Å². The van der Waals surface area contributed by atoms with Crippen LogP contribution in [0.15, 0.2) is 0 Å². The van der Waals surface area contributed by atoms with Crippen LogP contribution < -0.4 is 5.32 Å². The highest BCUT2D eigenvalue weighted by atomic mass is 15.1. The summed E-state index contributed by atoms with van der Waals surface area (Å²) in [6.07, 6.45) is 12.8. The van der Waals surface area contributed by atoms with Crippen LogP contribution in [-0.2, 0) is 0 Å². The molecule has 1 heterocycles. The van der Waals surface area contributed by atoms with Gasteiger partial charge in [-0.1, -0.05) is 32.6 Å². The van der Waals surface area contributed by atoms with Gasteiger partial charge in [-0.25, -0.2) is 0 Å². The minimum atomic E-state index is 0.810. The predicted molar refractivity (Wildman–Crippen MR) is 78.9 cm³/mol. The molecular weight excluding hydrogens is 220 g/mol. The Hall–Kier alpha value is -0.0800. The van der Waals surface area contributed by atoms with Gasteiger partial charge in [0.05, 0.1) is 0 Å². The van der Waals surface area contributed by atoms with E-state index in [1.165, 1.54) is 84.0 Å². The van der Waals surface area contributed by atoms with Crippen molar-refractivity contribution in [3.63, 3.8) is 0 Å². The van der Waals surface area contributed by atoms with E-state index in [0.29, 0.717) is 0 Å². The molecule has 2 fully saturated rings. The maximum Gasteiger partial charge on any atom is 0.00915 e. The molecule has 0 atom stereocenters. The first kappa shape index (κ1) is 14.3. The van der Waals surface area contributed by atoms with Gasteiger partial charge in [-0.2, -0.15) is 0 Å². The summed E-state index contributed by atoms with van der Waals surface area (Å²) in [7, 11) is 0. The highest BCUT2D eigenvalue weighted by Crippen LogP contribution is 2.23. The monoisotopic (exact) mass is 252 g/mol. The maximum absolute atomic E-state index is 3.84. The predicted octanol–water partition coefficient (Wildman–Crippen LogP) is 3.42. The van der Waals surface area contributed by atoms with E-state index >= 15 is 0 Å². The lowest BCUT2D eigenvalue weighted by Gasteiger charge is -2.33. The first-order chi connectivity index (χ1) is 8.88. The molecule has 0 aromatic rings. The summed E-state index contributed by atoms with van der Waals surface area (Å²) in [6.45, 7) is 7.55. The van der Waals surface area contributed by atoms with Gasteiger partial charge >= 0.3 is 0 Å². The molecule has 0 aromatic heterocycles. The lowest BCUT2D eigenvalue weighted by atomic mass is 9.89. The van der Waals surface area contributed by atoms with Crippen LogP contribution in [0.25, 0.3) is 0 Å². The first-order valence-corrected chi connectivity index (χ1v) is 8.34. The molecule has 2 heteroatoms. The van der Waals surface area contributed by atoms with E-state index in [4.69, 9.17) is 0 Å². The van der Waals surface area contributed by atoms with Gasteiger partial charge in [0.15, 0.2) is 0 Å². The molecule has 0 amide bonds. The fourth-order valence-electron chi connectivity index (χ4n) is 3.47. The quantitative estimate of drug-likeness (QED) is 0.779. The summed E-state index contributed by atoms with van der Waals surface area (Å²) < 4.78 is 0. The number of hydrogen-bond donors (Lipinski definition) is 1. The van der Waals surface area contributed by atoms with E-state index in [-0.39, 0.29) is 0 Å². The Morgan fingerprint density at radius 1 is 1.00 bits per heavy atom. The van der Waals surface area contributed by atoms with Gasteiger partial charge in [-0.15, -0.1) is 0 Å². The van der Waals surface area contributed by atoms with E-state index in [1.54, 1.807) is 0 Å². The fraction of sp³-hybridized carbons (Fsp3) is 1.00. The Morgan fingerprint density at radius 3 is 2.39 bits per heavy atom. The highest BCUT2D eigenvalue weighted by molar-refractivity contribution is 4.79. The summed E-state index contributed by atoms with van der Waals surface area (Å²) in [5.74, 6) is 0.983. The van der Waals surface area contributed by atoms with E-state index in [0.717, 1.165) is 12.0 Å². The molecule has 0 spiro atoms. The molecule has 1 saturated carbocycles. The highest BCUT2D eigenvalue weighted by Gasteiger charge is 2.20. The summed E-state index contributed by atoms with van der Waals surface area (Å²) in [5, 5.41) is 3.84. The molecule has 18 heavy (non-hydrogen) atoms. The molecule has 0 unspecified atom stereocenters. The van der Waals surface area contributed by atoms with Crippen molar-refractivity contribution in [1.29, 1.82) is 0 Å². The third-order valence-corrected chi connectivity index (χ3v) is 4.84. The van der Waals surface area contributed by atoms with Gasteiger partial charge in [0.2, 0.25) is 0 Å². The molecule has 106 valence electrons. The number of rotatable bonds is 6. The molecule has 0 aromatic carbocycles. The van der Waals surface area contributed by atoms with Crippen LogP contribution in [-0.4, -0.2) is 37.1 Å².